The van der Waals surface area contributed by atoms with Gasteiger partial charge in [0.05, 0.1) is 5.56 Å². The molecule has 3 rings (SSSR count). The second kappa shape index (κ2) is 7.92. The number of amides is 1. The number of aromatic nitrogens is 1. The van der Waals surface area contributed by atoms with Gasteiger partial charge in [-0.3, -0.25) is 9.78 Å². The van der Waals surface area contributed by atoms with E-state index in [1.807, 2.05) is 54.6 Å². The molecule has 0 aliphatic heterocycles. The number of hydrogen-bond acceptors (Lipinski definition) is 3. The van der Waals surface area contributed by atoms with Crippen molar-refractivity contribution in [3.63, 3.8) is 0 Å². The molecule has 0 spiro atoms. The number of carbonyl (C=O) groups excluding carboxylic acids is 1. The largest absolute Gasteiger partial charge is 0.457 e. The SMILES string of the molecule is O=C(NCCc1ccccc1Oc1ccccc1)c1cccnc1. The Hall–Kier alpha value is -3.14. The van der Waals surface area contributed by atoms with Crippen LogP contribution >= 0.6 is 0 Å². The van der Waals surface area contributed by atoms with E-state index in [1.54, 1.807) is 24.5 Å². The van der Waals surface area contributed by atoms with Crippen LogP contribution < -0.4 is 10.1 Å². The minimum atomic E-state index is -0.121. The van der Waals surface area contributed by atoms with E-state index in [2.05, 4.69) is 10.3 Å². The number of rotatable bonds is 6. The first-order chi connectivity index (χ1) is 11.8. The summed E-state index contributed by atoms with van der Waals surface area (Å²) in [5, 5.41) is 2.90. The number of carbonyl (C=O) groups is 1. The average molecular weight is 318 g/mol. The van der Waals surface area contributed by atoms with Crippen LogP contribution in [0.1, 0.15) is 15.9 Å². The van der Waals surface area contributed by atoms with E-state index >= 15 is 0 Å². The van der Waals surface area contributed by atoms with Crippen LogP contribution in [0.3, 0.4) is 0 Å². The monoisotopic (exact) mass is 318 g/mol. The molecule has 1 heterocycles. The van der Waals surface area contributed by atoms with Gasteiger partial charge < -0.3 is 10.1 Å². The van der Waals surface area contributed by atoms with Gasteiger partial charge >= 0.3 is 0 Å². The van der Waals surface area contributed by atoms with E-state index in [0.717, 1.165) is 17.1 Å². The van der Waals surface area contributed by atoms with Gasteiger partial charge in [-0.1, -0.05) is 36.4 Å². The van der Waals surface area contributed by atoms with Gasteiger partial charge in [0.25, 0.3) is 5.91 Å². The van der Waals surface area contributed by atoms with Crippen molar-refractivity contribution >= 4 is 5.91 Å². The van der Waals surface area contributed by atoms with E-state index in [9.17, 15) is 4.79 Å². The zero-order chi connectivity index (χ0) is 16.6. The number of nitrogens with one attached hydrogen (secondary N) is 1. The summed E-state index contributed by atoms with van der Waals surface area (Å²) < 4.78 is 5.93. The molecule has 120 valence electrons. The van der Waals surface area contributed by atoms with Crippen LogP contribution in [-0.2, 0) is 6.42 Å². The number of hydrogen-bond donors (Lipinski definition) is 1. The molecular weight excluding hydrogens is 300 g/mol. The molecule has 4 heteroatoms. The van der Waals surface area contributed by atoms with E-state index < -0.39 is 0 Å². The topological polar surface area (TPSA) is 51.2 Å². The Morgan fingerprint density at radius 2 is 1.75 bits per heavy atom. The Balaban J connectivity index is 1.60. The van der Waals surface area contributed by atoms with E-state index in [0.29, 0.717) is 18.5 Å². The maximum absolute atomic E-state index is 12.0. The molecule has 0 atom stereocenters. The van der Waals surface area contributed by atoms with Crippen molar-refractivity contribution in [3.05, 3.63) is 90.3 Å². The van der Waals surface area contributed by atoms with Gasteiger partial charge in [-0.2, -0.15) is 0 Å². The first kappa shape index (κ1) is 15.7. The maximum atomic E-state index is 12.0. The van der Waals surface area contributed by atoms with E-state index in [-0.39, 0.29) is 5.91 Å². The molecule has 0 fully saturated rings. The summed E-state index contributed by atoms with van der Waals surface area (Å²) in [6.45, 7) is 0.531. The van der Waals surface area contributed by atoms with Crippen LogP contribution in [0.4, 0.5) is 0 Å². The number of pyridine rings is 1. The molecule has 0 aliphatic carbocycles. The van der Waals surface area contributed by atoms with Crippen LogP contribution in [-0.4, -0.2) is 17.4 Å². The highest BCUT2D eigenvalue weighted by molar-refractivity contribution is 5.93. The van der Waals surface area contributed by atoms with Crippen LogP contribution in [0.2, 0.25) is 0 Å². The molecule has 0 radical (unpaired) electrons. The number of ether oxygens (including phenoxy) is 1. The fourth-order valence-electron chi connectivity index (χ4n) is 2.34. The Bertz CT molecular complexity index is 789. The molecule has 1 N–H and O–H groups in total. The predicted octanol–water partition coefficient (Wildman–Crippen LogP) is 3.85. The summed E-state index contributed by atoms with van der Waals surface area (Å²) >= 11 is 0. The highest BCUT2D eigenvalue weighted by Crippen LogP contribution is 2.25. The van der Waals surface area contributed by atoms with Crippen molar-refractivity contribution in [1.82, 2.24) is 10.3 Å². The highest BCUT2D eigenvalue weighted by atomic mass is 16.5. The molecule has 24 heavy (non-hydrogen) atoms. The quantitative estimate of drug-likeness (QED) is 0.751. The van der Waals surface area contributed by atoms with Gasteiger partial charge in [0.15, 0.2) is 0 Å². The van der Waals surface area contributed by atoms with E-state index in [4.69, 9.17) is 4.74 Å². The third-order valence-electron chi connectivity index (χ3n) is 3.55. The standard InChI is InChI=1S/C20H18N2O2/c23-20(17-8-6-13-21-15-17)22-14-12-16-7-4-5-11-19(16)24-18-9-2-1-3-10-18/h1-11,13,15H,12,14H2,(H,22,23). The first-order valence-electron chi connectivity index (χ1n) is 7.82. The van der Waals surface area contributed by atoms with Gasteiger partial charge in [-0.15, -0.1) is 0 Å². The summed E-state index contributed by atoms with van der Waals surface area (Å²) in [5.41, 5.74) is 1.61. The van der Waals surface area contributed by atoms with Gasteiger partial charge in [0, 0.05) is 18.9 Å². The molecular formula is C20H18N2O2. The van der Waals surface area contributed by atoms with Gasteiger partial charge in [-0.25, -0.2) is 0 Å². The normalized spacial score (nSPS) is 10.2. The fraction of sp³-hybridized carbons (Fsp3) is 0.100. The first-order valence-corrected chi connectivity index (χ1v) is 7.82. The summed E-state index contributed by atoms with van der Waals surface area (Å²) in [6.07, 6.45) is 3.89. The molecule has 1 amide bonds. The minimum Gasteiger partial charge on any atom is -0.457 e. The molecule has 1 aromatic heterocycles. The van der Waals surface area contributed by atoms with Crippen molar-refractivity contribution in [1.29, 1.82) is 0 Å². The summed E-state index contributed by atoms with van der Waals surface area (Å²) in [5.74, 6) is 1.48. The summed E-state index contributed by atoms with van der Waals surface area (Å²) in [4.78, 5) is 16.0. The second-order valence-corrected chi connectivity index (χ2v) is 5.27. The van der Waals surface area contributed by atoms with Crippen molar-refractivity contribution in [2.24, 2.45) is 0 Å². The smallest absolute Gasteiger partial charge is 0.252 e. The molecule has 0 saturated heterocycles. The lowest BCUT2D eigenvalue weighted by molar-refractivity contribution is 0.0953. The Labute approximate surface area is 141 Å². The van der Waals surface area contributed by atoms with Crippen LogP contribution in [0, 0.1) is 0 Å². The Morgan fingerprint density at radius 1 is 0.958 bits per heavy atom. The lowest BCUT2D eigenvalue weighted by Gasteiger charge is -2.11. The molecule has 0 unspecified atom stereocenters. The lowest BCUT2D eigenvalue weighted by Crippen LogP contribution is -2.25. The zero-order valence-electron chi connectivity index (χ0n) is 13.2. The van der Waals surface area contributed by atoms with Crippen molar-refractivity contribution in [2.45, 2.75) is 6.42 Å². The second-order valence-electron chi connectivity index (χ2n) is 5.27. The Morgan fingerprint density at radius 3 is 2.54 bits per heavy atom. The summed E-state index contributed by atoms with van der Waals surface area (Å²) in [7, 11) is 0. The molecule has 0 bridgehead atoms. The van der Waals surface area contributed by atoms with Gasteiger partial charge in [0.1, 0.15) is 11.5 Å². The van der Waals surface area contributed by atoms with Crippen LogP contribution in [0.25, 0.3) is 0 Å². The average Bonchev–Trinajstić information content (AvgIpc) is 2.64. The van der Waals surface area contributed by atoms with Crippen molar-refractivity contribution in [3.8, 4) is 11.5 Å². The Kier molecular flexibility index (Phi) is 5.20. The number of benzene rings is 2. The summed E-state index contributed by atoms with van der Waals surface area (Å²) in [6, 6.07) is 21.0. The van der Waals surface area contributed by atoms with Crippen LogP contribution in [0.5, 0.6) is 11.5 Å². The zero-order valence-corrected chi connectivity index (χ0v) is 13.2. The minimum absolute atomic E-state index is 0.121. The molecule has 4 nitrogen and oxygen atoms in total. The predicted molar refractivity (Wildman–Crippen MR) is 93.2 cm³/mol. The van der Waals surface area contributed by atoms with Crippen molar-refractivity contribution in [2.75, 3.05) is 6.54 Å². The molecule has 0 saturated carbocycles. The number of para-hydroxylation sites is 2. The maximum Gasteiger partial charge on any atom is 0.252 e. The van der Waals surface area contributed by atoms with E-state index in [1.165, 1.54) is 0 Å². The number of nitrogens with zero attached hydrogens (tertiary/aromatic N) is 1. The third-order valence-corrected chi connectivity index (χ3v) is 3.55. The highest BCUT2D eigenvalue weighted by Gasteiger charge is 2.07. The molecule has 3 aromatic rings. The third kappa shape index (κ3) is 4.20. The molecule has 2 aromatic carbocycles. The van der Waals surface area contributed by atoms with Crippen molar-refractivity contribution < 1.29 is 9.53 Å². The van der Waals surface area contributed by atoms with Gasteiger partial charge in [0.2, 0.25) is 0 Å². The van der Waals surface area contributed by atoms with Crippen LogP contribution in [0.15, 0.2) is 79.1 Å². The fourth-order valence-corrected chi connectivity index (χ4v) is 2.34. The van der Waals surface area contributed by atoms with Gasteiger partial charge in [-0.05, 0) is 42.3 Å². The lowest BCUT2D eigenvalue weighted by atomic mass is 10.1. The molecule has 0 aliphatic rings.